The van der Waals surface area contributed by atoms with Gasteiger partial charge in [0.2, 0.25) is 10.0 Å². The number of nitrogens with one attached hydrogen (secondary N) is 1. The van der Waals surface area contributed by atoms with E-state index in [1.807, 2.05) is 6.92 Å². The molecule has 0 bridgehead atoms. The van der Waals surface area contributed by atoms with E-state index < -0.39 is 27.4 Å². The number of nitrogens with zero attached hydrogens (tertiary/aromatic N) is 1. The van der Waals surface area contributed by atoms with Crippen LogP contribution in [0.3, 0.4) is 0 Å². The van der Waals surface area contributed by atoms with Crippen molar-refractivity contribution in [3.63, 3.8) is 0 Å². The highest BCUT2D eigenvalue weighted by Gasteiger charge is 2.43. The Bertz CT molecular complexity index is 891. The summed E-state index contributed by atoms with van der Waals surface area (Å²) < 4.78 is 32.8. The van der Waals surface area contributed by atoms with Crippen molar-refractivity contribution >= 4 is 21.9 Å². The second-order valence-corrected chi connectivity index (χ2v) is 10.6. The summed E-state index contributed by atoms with van der Waals surface area (Å²) in [6.45, 7) is 4.53. The average molecular weight is 437 g/mol. The maximum absolute atomic E-state index is 13.1. The summed E-state index contributed by atoms with van der Waals surface area (Å²) in [5, 5.41) is 2.86. The third-order valence-corrected chi connectivity index (χ3v) is 8.51. The Morgan fingerprint density at radius 3 is 2.47 bits per heavy atom. The van der Waals surface area contributed by atoms with E-state index in [2.05, 4.69) is 12.2 Å². The molecule has 1 aromatic carbocycles. The third-order valence-electron chi connectivity index (χ3n) is 6.50. The SMILES string of the molecule is COC(=O)C1(NC(=O)c2cccc(S(=O)(=O)N3CCCCC3C)c2)CCC(C)CC1. The number of carbonyl (C=O) groups excluding carboxylic acids is 2. The number of piperidine rings is 1. The van der Waals surface area contributed by atoms with E-state index in [1.165, 1.54) is 23.5 Å². The van der Waals surface area contributed by atoms with Crippen LogP contribution in [0, 0.1) is 5.92 Å². The van der Waals surface area contributed by atoms with Crippen LogP contribution in [-0.2, 0) is 19.6 Å². The first-order chi connectivity index (χ1) is 14.2. The van der Waals surface area contributed by atoms with E-state index in [0.717, 1.165) is 32.1 Å². The fourth-order valence-electron chi connectivity index (χ4n) is 4.48. The largest absolute Gasteiger partial charge is 0.467 e. The first kappa shape index (κ1) is 22.7. The number of sulfonamides is 1. The van der Waals surface area contributed by atoms with Crippen LogP contribution in [-0.4, -0.2) is 49.8 Å². The van der Waals surface area contributed by atoms with Crippen molar-refractivity contribution < 1.29 is 22.7 Å². The second-order valence-electron chi connectivity index (χ2n) is 8.70. The van der Waals surface area contributed by atoms with Crippen LogP contribution >= 0.6 is 0 Å². The molecule has 1 heterocycles. The summed E-state index contributed by atoms with van der Waals surface area (Å²) in [6.07, 6.45) is 5.34. The molecule has 1 saturated heterocycles. The van der Waals surface area contributed by atoms with Crippen LogP contribution < -0.4 is 5.32 Å². The normalized spacial score (nSPS) is 28.0. The number of benzene rings is 1. The molecule has 8 heteroatoms. The first-order valence-electron chi connectivity index (χ1n) is 10.7. The number of ether oxygens (including phenoxy) is 1. The Hall–Kier alpha value is -1.93. The summed E-state index contributed by atoms with van der Waals surface area (Å²) in [7, 11) is -2.36. The fourth-order valence-corrected chi connectivity index (χ4v) is 6.23. The molecule has 30 heavy (non-hydrogen) atoms. The Kier molecular flexibility index (Phi) is 6.87. The van der Waals surface area contributed by atoms with Gasteiger partial charge in [0.15, 0.2) is 0 Å². The first-order valence-corrected chi connectivity index (χ1v) is 12.2. The predicted octanol–water partition coefficient (Wildman–Crippen LogP) is 3.10. The highest BCUT2D eigenvalue weighted by Crippen LogP contribution is 2.33. The van der Waals surface area contributed by atoms with Gasteiger partial charge in [0.05, 0.1) is 12.0 Å². The minimum Gasteiger partial charge on any atom is -0.467 e. The van der Waals surface area contributed by atoms with Crippen molar-refractivity contribution in [2.24, 2.45) is 5.92 Å². The highest BCUT2D eigenvalue weighted by molar-refractivity contribution is 7.89. The fraction of sp³-hybridized carbons (Fsp3) is 0.636. The van der Waals surface area contributed by atoms with Crippen molar-refractivity contribution in [1.29, 1.82) is 0 Å². The number of carbonyl (C=O) groups is 2. The van der Waals surface area contributed by atoms with E-state index in [1.54, 1.807) is 12.1 Å². The minimum absolute atomic E-state index is 0.0620. The Morgan fingerprint density at radius 1 is 1.13 bits per heavy atom. The number of rotatable bonds is 5. The quantitative estimate of drug-likeness (QED) is 0.716. The smallest absolute Gasteiger partial charge is 0.331 e. The van der Waals surface area contributed by atoms with Gasteiger partial charge in [-0.15, -0.1) is 0 Å². The molecule has 2 aliphatic rings. The lowest BCUT2D eigenvalue weighted by atomic mass is 9.77. The molecule has 1 atom stereocenters. The van der Waals surface area contributed by atoms with Crippen LogP contribution in [0.15, 0.2) is 29.2 Å². The van der Waals surface area contributed by atoms with Gasteiger partial charge in [-0.2, -0.15) is 4.31 Å². The molecule has 1 aromatic rings. The summed E-state index contributed by atoms with van der Waals surface area (Å²) in [5.41, 5.74) is -0.836. The maximum Gasteiger partial charge on any atom is 0.331 e. The molecular weight excluding hydrogens is 404 g/mol. The van der Waals surface area contributed by atoms with Gasteiger partial charge in [0.1, 0.15) is 5.54 Å². The van der Waals surface area contributed by atoms with E-state index >= 15 is 0 Å². The minimum atomic E-state index is -3.68. The van der Waals surface area contributed by atoms with Gasteiger partial charge in [0.25, 0.3) is 5.91 Å². The van der Waals surface area contributed by atoms with Gasteiger partial charge in [-0.05, 0) is 69.6 Å². The lowest BCUT2D eigenvalue weighted by Gasteiger charge is -2.37. The molecule has 1 aliphatic carbocycles. The van der Waals surface area contributed by atoms with Crippen molar-refractivity contribution in [3.05, 3.63) is 29.8 Å². The van der Waals surface area contributed by atoms with Crippen molar-refractivity contribution in [1.82, 2.24) is 9.62 Å². The Labute approximate surface area is 179 Å². The van der Waals surface area contributed by atoms with Gasteiger partial charge < -0.3 is 10.1 Å². The lowest BCUT2D eigenvalue weighted by Crippen LogP contribution is -2.56. The Balaban J connectivity index is 1.84. The zero-order valence-electron chi connectivity index (χ0n) is 18.0. The molecule has 1 amide bonds. The van der Waals surface area contributed by atoms with Gasteiger partial charge in [0, 0.05) is 18.2 Å². The summed E-state index contributed by atoms with van der Waals surface area (Å²) >= 11 is 0. The van der Waals surface area contributed by atoms with Crippen molar-refractivity contribution in [2.75, 3.05) is 13.7 Å². The number of methoxy groups -OCH3 is 1. The molecular formula is C22H32N2O5S. The monoisotopic (exact) mass is 436 g/mol. The molecule has 1 unspecified atom stereocenters. The molecule has 1 saturated carbocycles. The Morgan fingerprint density at radius 2 is 1.83 bits per heavy atom. The molecule has 7 nitrogen and oxygen atoms in total. The highest BCUT2D eigenvalue weighted by atomic mass is 32.2. The van der Waals surface area contributed by atoms with Crippen molar-refractivity contribution in [3.8, 4) is 0 Å². The van der Waals surface area contributed by atoms with Crippen LogP contribution in [0.1, 0.15) is 69.2 Å². The van der Waals surface area contributed by atoms with Crippen LogP contribution in [0.5, 0.6) is 0 Å². The molecule has 2 fully saturated rings. The summed E-state index contributed by atoms with van der Waals surface area (Å²) in [5.74, 6) is -0.424. The number of esters is 1. The van der Waals surface area contributed by atoms with Crippen molar-refractivity contribution in [2.45, 2.75) is 75.3 Å². The number of hydrogen-bond donors (Lipinski definition) is 1. The zero-order chi connectivity index (χ0) is 21.9. The topological polar surface area (TPSA) is 92.8 Å². The molecule has 1 aliphatic heterocycles. The van der Waals surface area contributed by atoms with Gasteiger partial charge in [-0.1, -0.05) is 19.4 Å². The zero-order valence-corrected chi connectivity index (χ0v) is 18.8. The van der Waals surface area contributed by atoms with Gasteiger partial charge in [-0.25, -0.2) is 13.2 Å². The molecule has 0 aromatic heterocycles. The standard InChI is InChI=1S/C22H32N2O5S/c1-16-10-12-22(13-11-16,21(26)29-3)23-20(25)18-8-6-9-19(15-18)30(27,28)24-14-5-4-7-17(24)2/h6,8-9,15-17H,4-5,7,10-14H2,1-3H3,(H,23,25). The predicted molar refractivity (Wildman–Crippen MR) is 113 cm³/mol. The molecule has 0 radical (unpaired) electrons. The van der Waals surface area contributed by atoms with Crippen LogP contribution in [0.4, 0.5) is 0 Å². The molecule has 0 spiro atoms. The second kappa shape index (κ2) is 9.06. The van der Waals surface area contributed by atoms with E-state index in [9.17, 15) is 18.0 Å². The molecule has 1 N–H and O–H groups in total. The molecule has 3 rings (SSSR count). The van der Waals surface area contributed by atoms with Gasteiger partial charge >= 0.3 is 5.97 Å². The van der Waals surface area contributed by atoms with E-state index in [0.29, 0.717) is 25.3 Å². The maximum atomic E-state index is 13.1. The summed E-state index contributed by atoms with van der Waals surface area (Å²) in [4.78, 5) is 25.6. The summed E-state index contributed by atoms with van der Waals surface area (Å²) in [6, 6.07) is 6.01. The van der Waals surface area contributed by atoms with E-state index in [4.69, 9.17) is 4.74 Å². The average Bonchev–Trinajstić information content (AvgIpc) is 2.75. The molecule has 166 valence electrons. The van der Waals surface area contributed by atoms with Crippen LogP contribution in [0.2, 0.25) is 0 Å². The van der Waals surface area contributed by atoms with Crippen LogP contribution in [0.25, 0.3) is 0 Å². The third kappa shape index (κ3) is 4.54. The van der Waals surface area contributed by atoms with Gasteiger partial charge in [-0.3, -0.25) is 4.79 Å². The number of amides is 1. The van der Waals surface area contributed by atoms with E-state index in [-0.39, 0.29) is 16.5 Å². The number of hydrogen-bond acceptors (Lipinski definition) is 5. The lowest BCUT2D eigenvalue weighted by molar-refractivity contribution is -0.150.